The number of nitrogens with zero attached hydrogens (tertiary/aromatic N) is 2. The van der Waals surface area contributed by atoms with E-state index in [9.17, 15) is 4.79 Å². The van der Waals surface area contributed by atoms with Crippen molar-refractivity contribution in [1.82, 2.24) is 9.55 Å². The molecule has 0 aliphatic rings. The maximum Gasteiger partial charge on any atom is 0.250 e. The number of carbonyl (C=O) groups is 1. The molecule has 1 heterocycles. The van der Waals surface area contributed by atoms with Crippen LogP contribution in [0.4, 0.5) is 5.95 Å². The van der Waals surface area contributed by atoms with E-state index in [0.717, 1.165) is 11.0 Å². The first kappa shape index (κ1) is 18.3. The number of carbonyl (C=O) groups excluding carboxylic acids is 1. The van der Waals surface area contributed by atoms with Gasteiger partial charge in [0.2, 0.25) is 11.7 Å². The van der Waals surface area contributed by atoms with E-state index in [1.165, 1.54) is 20.3 Å². The SMILES string of the molecule is COc1ccc(C=CC(=O)Nc2nc3ccccc3n2C)c(OC)c1OC. The molecule has 1 N–H and O–H groups in total. The van der Waals surface area contributed by atoms with Gasteiger partial charge in [0, 0.05) is 18.7 Å². The van der Waals surface area contributed by atoms with Crippen LogP contribution in [0.5, 0.6) is 17.2 Å². The fourth-order valence-corrected chi connectivity index (χ4v) is 2.83. The molecule has 140 valence electrons. The van der Waals surface area contributed by atoms with Gasteiger partial charge in [0.25, 0.3) is 5.91 Å². The van der Waals surface area contributed by atoms with Crippen LogP contribution in [0.25, 0.3) is 17.1 Å². The summed E-state index contributed by atoms with van der Waals surface area (Å²) in [5.74, 6) is 1.69. The summed E-state index contributed by atoms with van der Waals surface area (Å²) in [7, 11) is 6.48. The highest BCUT2D eigenvalue weighted by Gasteiger charge is 2.14. The number of methoxy groups -OCH3 is 3. The molecule has 0 aliphatic carbocycles. The van der Waals surface area contributed by atoms with Gasteiger partial charge in [-0.1, -0.05) is 12.1 Å². The van der Waals surface area contributed by atoms with E-state index in [1.807, 2.05) is 35.9 Å². The van der Waals surface area contributed by atoms with Crippen molar-refractivity contribution in [1.29, 1.82) is 0 Å². The average Bonchev–Trinajstić information content (AvgIpc) is 3.01. The lowest BCUT2D eigenvalue weighted by Gasteiger charge is -2.13. The third-order valence-corrected chi connectivity index (χ3v) is 4.17. The van der Waals surface area contributed by atoms with Crippen LogP contribution in [0.2, 0.25) is 0 Å². The molecule has 1 amide bonds. The Labute approximate surface area is 157 Å². The lowest BCUT2D eigenvalue weighted by Crippen LogP contribution is -2.11. The lowest BCUT2D eigenvalue weighted by atomic mass is 10.1. The van der Waals surface area contributed by atoms with E-state index in [1.54, 1.807) is 25.3 Å². The highest BCUT2D eigenvalue weighted by molar-refractivity contribution is 6.02. The fraction of sp³-hybridized carbons (Fsp3) is 0.200. The summed E-state index contributed by atoms with van der Waals surface area (Å²) in [4.78, 5) is 16.8. The minimum absolute atomic E-state index is 0.301. The Bertz CT molecular complexity index is 1010. The van der Waals surface area contributed by atoms with Crippen molar-refractivity contribution in [3.05, 3.63) is 48.0 Å². The van der Waals surface area contributed by atoms with E-state index in [2.05, 4.69) is 10.3 Å². The van der Waals surface area contributed by atoms with E-state index in [4.69, 9.17) is 14.2 Å². The molecule has 7 nitrogen and oxygen atoms in total. The van der Waals surface area contributed by atoms with Crippen molar-refractivity contribution in [3.63, 3.8) is 0 Å². The van der Waals surface area contributed by atoms with Crippen molar-refractivity contribution >= 4 is 29.0 Å². The second-order valence-corrected chi connectivity index (χ2v) is 5.73. The molecule has 0 atom stereocenters. The number of fused-ring (bicyclic) bond motifs is 1. The molecule has 0 aliphatic heterocycles. The number of amides is 1. The number of aromatic nitrogens is 2. The smallest absolute Gasteiger partial charge is 0.250 e. The maximum atomic E-state index is 12.3. The summed E-state index contributed by atoms with van der Waals surface area (Å²) >= 11 is 0. The Morgan fingerprint density at radius 2 is 1.78 bits per heavy atom. The van der Waals surface area contributed by atoms with E-state index in [0.29, 0.717) is 28.8 Å². The molecule has 2 aromatic carbocycles. The van der Waals surface area contributed by atoms with Crippen molar-refractivity contribution in [2.45, 2.75) is 0 Å². The van der Waals surface area contributed by atoms with Crippen LogP contribution in [0, 0.1) is 0 Å². The van der Waals surface area contributed by atoms with Crippen LogP contribution in [-0.4, -0.2) is 36.8 Å². The summed E-state index contributed by atoms with van der Waals surface area (Å²) in [6, 6.07) is 11.2. The Hall–Kier alpha value is -3.48. The second kappa shape index (κ2) is 7.82. The van der Waals surface area contributed by atoms with Crippen LogP contribution in [0.15, 0.2) is 42.5 Å². The Morgan fingerprint density at radius 1 is 1.04 bits per heavy atom. The number of para-hydroxylation sites is 2. The largest absolute Gasteiger partial charge is 0.493 e. The number of anilines is 1. The predicted octanol–water partition coefficient (Wildman–Crippen LogP) is 3.25. The molecule has 0 spiro atoms. The quantitative estimate of drug-likeness (QED) is 0.677. The van der Waals surface area contributed by atoms with Crippen LogP contribution < -0.4 is 19.5 Å². The molecule has 0 radical (unpaired) electrons. The van der Waals surface area contributed by atoms with Crippen LogP contribution in [0.1, 0.15) is 5.56 Å². The summed E-state index contributed by atoms with van der Waals surface area (Å²) in [5.41, 5.74) is 2.45. The van der Waals surface area contributed by atoms with E-state index >= 15 is 0 Å². The van der Waals surface area contributed by atoms with Crippen LogP contribution in [-0.2, 0) is 11.8 Å². The summed E-state index contributed by atoms with van der Waals surface area (Å²) < 4.78 is 17.9. The summed E-state index contributed by atoms with van der Waals surface area (Å²) in [6.45, 7) is 0. The van der Waals surface area contributed by atoms with Gasteiger partial charge in [-0.15, -0.1) is 0 Å². The number of hydrogen-bond acceptors (Lipinski definition) is 5. The zero-order valence-electron chi connectivity index (χ0n) is 15.6. The molecule has 0 bridgehead atoms. The Morgan fingerprint density at radius 3 is 2.44 bits per heavy atom. The monoisotopic (exact) mass is 367 g/mol. The highest BCUT2D eigenvalue weighted by Crippen LogP contribution is 2.40. The minimum Gasteiger partial charge on any atom is -0.493 e. The van der Waals surface area contributed by atoms with Gasteiger partial charge in [-0.05, 0) is 30.3 Å². The van der Waals surface area contributed by atoms with E-state index < -0.39 is 0 Å². The number of ether oxygens (including phenoxy) is 3. The normalized spacial score (nSPS) is 11.0. The topological polar surface area (TPSA) is 74.6 Å². The van der Waals surface area contributed by atoms with Crippen LogP contribution >= 0.6 is 0 Å². The number of nitrogens with one attached hydrogen (secondary N) is 1. The zero-order valence-corrected chi connectivity index (χ0v) is 15.6. The highest BCUT2D eigenvalue weighted by atomic mass is 16.5. The molecular formula is C20H21N3O4. The molecule has 27 heavy (non-hydrogen) atoms. The first-order valence-corrected chi connectivity index (χ1v) is 8.28. The molecular weight excluding hydrogens is 346 g/mol. The van der Waals surface area contributed by atoms with E-state index in [-0.39, 0.29) is 5.91 Å². The second-order valence-electron chi connectivity index (χ2n) is 5.73. The molecule has 0 unspecified atom stereocenters. The van der Waals surface area contributed by atoms with Gasteiger partial charge in [0.15, 0.2) is 11.5 Å². The van der Waals surface area contributed by atoms with Gasteiger partial charge in [-0.2, -0.15) is 0 Å². The summed E-state index contributed by atoms with van der Waals surface area (Å²) in [6.07, 6.45) is 3.07. The molecule has 1 aromatic heterocycles. The lowest BCUT2D eigenvalue weighted by molar-refractivity contribution is -0.111. The Balaban J connectivity index is 1.83. The third-order valence-electron chi connectivity index (χ3n) is 4.17. The zero-order chi connectivity index (χ0) is 19.4. The standard InChI is InChI=1S/C20H21N3O4/c1-23-15-8-6-5-7-14(15)21-20(23)22-17(24)12-10-13-9-11-16(25-2)19(27-4)18(13)26-3/h5-12H,1-4H3,(H,21,22,24). The number of aryl methyl sites for hydroxylation is 1. The molecule has 3 rings (SSSR count). The third kappa shape index (κ3) is 3.57. The number of imidazole rings is 1. The van der Waals surface area contributed by atoms with Crippen molar-refractivity contribution in [2.75, 3.05) is 26.6 Å². The average molecular weight is 367 g/mol. The van der Waals surface area contributed by atoms with Gasteiger partial charge in [-0.25, -0.2) is 4.98 Å². The molecule has 7 heteroatoms. The number of benzene rings is 2. The Kier molecular flexibility index (Phi) is 5.30. The first-order valence-electron chi connectivity index (χ1n) is 8.28. The predicted molar refractivity (Wildman–Crippen MR) is 104 cm³/mol. The van der Waals surface area contributed by atoms with Gasteiger partial charge in [0.1, 0.15) is 0 Å². The molecule has 0 fully saturated rings. The van der Waals surface area contributed by atoms with Crippen molar-refractivity contribution in [3.8, 4) is 17.2 Å². The van der Waals surface area contributed by atoms with Crippen molar-refractivity contribution < 1.29 is 19.0 Å². The summed E-state index contributed by atoms with van der Waals surface area (Å²) in [5, 5.41) is 2.79. The minimum atomic E-state index is -0.301. The maximum absolute atomic E-state index is 12.3. The first-order chi connectivity index (χ1) is 13.1. The molecule has 3 aromatic rings. The van der Waals surface area contributed by atoms with Crippen molar-refractivity contribution in [2.24, 2.45) is 7.05 Å². The van der Waals surface area contributed by atoms with Crippen LogP contribution in [0.3, 0.4) is 0 Å². The van der Waals surface area contributed by atoms with Gasteiger partial charge < -0.3 is 18.8 Å². The molecule has 0 saturated carbocycles. The van der Waals surface area contributed by atoms with Gasteiger partial charge >= 0.3 is 0 Å². The number of rotatable bonds is 6. The number of hydrogen-bond donors (Lipinski definition) is 1. The molecule has 0 saturated heterocycles. The fourth-order valence-electron chi connectivity index (χ4n) is 2.83. The van der Waals surface area contributed by atoms with Gasteiger partial charge in [0.05, 0.1) is 32.4 Å². The van der Waals surface area contributed by atoms with Gasteiger partial charge in [-0.3, -0.25) is 10.1 Å².